The monoisotopic (exact) mass is 407 g/mol. The van der Waals surface area contributed by atoms with E-state index < -0.39 is 0 Å². The lowest BCUT2D eigenvalue weighted by Crippen LogP contribution is -2.15. The van der Waals surface area contributed by atoms with Crippen molar-refractivity contribution in [2.45, 2.75) is 39.0 Å². The van der Waals surface area contributed by atoms with Crippen molar-refractivity contribution >= 4 is 34.0 Å². The predicted octanol–water partition coefficient (Wildman–Crippen LogP) is 5.48. The van der Waals surface area contributed by atoms with Crippen LogP contribution >= 0.6 is 11.3 Å². The van der Waals surface area contributed by atoms with Gasteiger partial charge >= 0.3 is 0 Å². The number of aryl methyl sites for hydroxylation is 1. The van der Waals surface area contributed by atoms with Crippen LogP contribution in [-0.2, 0) is 11.2 Å². The maximum absolute atomic E-state index is 12.6. The summed E-state index contributed by atoms with van der Waals surface area (Å²) in [4.78, 5) is 29.0. The van der Waals surface area contributed by atoms with Gasteiger partial charge in [0.15, 0.2) is 5.13 Å². The minimum absolute atomic E-state index is 0.114. The van der Waals surface area contributed by atoms with Crippen molar-refractivity contribution in [3.63, 3.8) is 0 Å². The number of amides is 2. The van der Waals surface area contributed by atoms with Gasteiger partial charge in [0.05, 0.1) is 0 Å². The first-order valence-corrected chi connectivity index (χ1v) is 10.6. The molecule has 0 saturated carbocycles. The number of nitrogens with zero attached hydrogens (tertiary/aromatic N) is 1. The first-order chi connectivity index (χ1) is 14.1. The fraction of sp³-hybridized carbons (Fsp3) is 0.261. The van der Waals surface area contributed by atoms with Crippen molar-refractivity contribution in [3.05, 3.63) is 76.8 Å². The zero-order valence-corrected chi connectivity index (χ0v) is 17.5. The smallest absolute Gasteiger partial charge is 0.275 e. The Balaban J connectivity index is 1.58. The van der Waals surface area contributed by atoms with E-state index in [9.17, 15) is 9.59 Å². The van der Waals surface area contributed by atoms with Crippen molar-refractivity contribution < 1.29 is 9.59 Å². The van der Waals surface area contributed by atoms with Crippen LogP contribution in [0, 0.1) is 0 Å². The Morgan fingerprint density at radius 3 is 2.52 bits per heavy atom. The van der Waals surface area contributed by atoms with Crippen molar-refractivity contribution in [1.82, 2.24) is 4.98 Å². The maximum atomic E-state index is 12.6. The highest BCUT2D eigenvalue weighted by Gasteiger charge is 2.15. The zero-order chi connectivity index (χ0) is 20.6. The minimum atomic E-state index is -0.276. The molecule has 0 aliphatic carbocycles. The van der Waals surface area contributed by atoms with E-state index in [4.69, 9.17) is 0 Å². The molecule has 0 aliphatic heterocycles. The fourth-order valence-electron chi connectivity index (χ4n) is 2.97. The fourth-order valence-corrected chi connectivity index (χ4v) is 3.67. The molecule has 5 nitrogen and oxygen atoms in total. The largest absolute Gasteiger partial charge is 0.320 e. The normalized spacial score (nSPS) is 11.7. The Morgan fingerprint density at radius 1 is 1.03 bits per heavy atom. The molecule has 0 radical (unpaired) electrons. The van der Waals surface area contributed by atoms with Gasteiger partial charge in [-0.2, -0.15) is 0 Å². The van der Waals surface area contributed by atoms with Gasteiger partial charge in [0, 0.05) is 17.5 Å². The summed E-state index contributed by atoms with van der Waals surface area (Å²) < 4.78 is 0. The summed E-state index contributed by atoms with van der Waals surface area (Å²) in [7, 11) is 0. The van der Waals surface area contributed by atoms with Crippen LogP contribution in [-0.4, -0.2) is 16.8 Å². The van der Waals surface area contributed by atoms with Gasteiger partial charge in [0.2, 0.25) is 5.91 Å². The second kappa shape index (κ2) is 9.98. The first kappa shape index (κ1) is 20.7. The quantitative estimate of drug-likeness (QED) is 0.519. The molecule has 1 atom stereocenters. The third-order valence-corrected chi connectivity index (χ3v) is 5.58. The van der Waals surface area contributed by atoms with Crippen LogP contribution in [0.2, 0.25) is 0 Å². The molecule has 1 heterocycles. The minimum Gasteiger partial charge on any atom is -0.320 e. The Labute approximate surface area is 175 Å². The molecule has 2 amide bonds. The summed E-state index contributed by atoms with van der Waals surface area (Å²) in [5.74, 6) is -0.0412. The van der Waals surface area contributed by atoms with Crippen LogP contribution in [0.15, 0.2) is 60.0 Å². The van der Waals surface area contributed by atoms with Gasteiger partial charge in [-0.3, -0.25) is 9.59 Å². The third-order valence-electron chi connectivity index (χ3n) is 4.82. The van der Waals surface area contributed by atoms with Gasteiger partial charge in [-0.15, -0.1) is 11.3 Å². The van der Waals surface area contributed by atoms with Crippen LogP contribution in [0.3, 0.4) is 0 Å². The zero-order valence-electron chi connectivity index (χ0n) is 16.6. The van der Waals surface area contributed by atoms with Crippen molar-refractivity contribution in [2.75, 3.05) is 10.6 Å². The van der Waals surface area contributed by atoms with E-state index in [2.05, 4.69) is 29.5 Å². The summed E-state index contributed by atoms with van der Waals surface area (Å²) in [5.41, 5.74) is 3.32. The summed E-state index contributed by atoms with van der Waals surface area (Å²) in [6.07, 6.45) is 2.02. The number of thiazole rings is 1. The van der Waals surface area contributed by atoms with E-state index in [1.165, 1.54) is 11.3 Å². The molecule has 0 fully saturated rings. The molecular weight excluding hydrogens is 382 g/mol. The molecule has 0 aliphatic rings. The number of aromatic nitrogens is 1. The lowest BCUT2D eigenvalue weighted by atomic mass is 9.97. The molecule has 0 spiro atoms. The second-order valence-electron chi connectivity index (χ2n) is 6.92. The molecule has 1 unspecified atom stereocenters. The molecular formula is C23H25N3O2S. The van der Waals surface area contributed by atoms with E-state index in [0.29, 0.717) is 29.6 Å². The molecule has 3 aromatic rings. The Morgan fingerprint density at radius 2 is 1.76 bits per heavy atom. The standard InChI is InChI=1S/C23H25N3O2S/c1-3-16(2)18-11-7-8-12-19(18)24-22(28)20-15-29-23(25-20)26-21(27)14-13-17-9-5-4-6-10-17/h4-12,15-16H,3,13-14H2,1-2H3,(H,24,28)(H,25,26,27). The van der Waals surface area contributed by atoms with Crippen LogP contribution < -0.4 is 10.6 Å². The van der Waals surface area contributed by atoms with Gasteiger partial charge in [-0.1, -0.05) is 62.4 Å². The summed E-state index contributed by atoms with van der Waals surface area (Å²) in [5, 5.41) is 7.82. The van der Waals surface area contributed by atoms with E-state index in [1.54, 1.807) is 5.38 Å². The number of hydrogen-bond acceptors (Lipinski definition) is 4. The average Bonchev–Trinajstić information content (AvgIpc) is 3.21. The Bertz CT molecular complexity index is 969. The number of nitrogens with one attached hydrogen (secondary N) is 2. The van der Waals surface area contributed by atoms with E-state index >= 15 is 0 Å². The lowest BCUT2D eigenvalue weighted by molar-refractivity contribution is -0.116. The Kier molecular flexibility index (Phi) is 7.14. The summed E-state index contributed by atoms with van der Waals surface area (Å²) in [6.45, 7) is 4.26. The van der Waals surface area contributed by atoms with E-state index in [0.717, 1.165) is 23.2 Å². The maximum Gasteiger partial charge on any atom is 0.275 e. The number of rotatable bonds is 8. The van der Waals surface area contributed by atoms with Gasteiger partial charge in [0.1, 0.15) is 5.69 Å². The second-order valence-corrected chi connectivity index (χ2v) is 7.78. The average molecular weight is 408 g/mol. The topological polar surface area (TPSA) is 71.1 Å². The molecule has 0 saturated heterocycles. The lowest BCUT2D eigenvalue weighted by Gasteiger charge is -2.15. The number of carbonyl (C=O) groups is 2. The van der Waals surface area contributed by atoms with Gasteiger partial charge in [0.25, 0.3) is 5.91 Å². The number of para-hydroxylation sites is 1. The van der Waals surface area contributed by atoms with Crippen molar-refractivity contribution in [2.24, 2.45) is 0 Å². The molecule has 3 rings (SSSR count). The van der Waals surface area contributed by atoms with E-state index in [-0.39, 0.29) is 11.8 Å². The molecule has 1 aromatic heterocycles. The summed E-state index contributed by atoms with van der Waals surface area (Å²) >= 11 is 1.25. The van der Waals surface area contributed by atoms with Crippen molar-refractivity contribution in [1.29, 1.82) is 0 Å². The molecule has 2 N–H and O–H groups in total. The molecule has 0 bridgehead atoms. The number of hydrogen-bond donors (Lipinski definition) is 2. The highest BCUT2D eigenvalue weighted by atomic mass is 32.1. The molecule has 2 aromatic carbocycles. The van der Waals surface area contributed by atoms with Gasteiger partial charge in [-0.05, 0) is 36.0 Å². The SMILES string of the molecule is CCC(C)c1ccccc1NC(=O)c1csc(NC(=O)CCc2ccccc2)n1. The number of carbonyl (C=O) groups excluding carboxylic acids is 2. The van der Waals surface area contributed by atoms with Crippen LogP contribution in [0.5, 0.6) is 0 Å². The first-order valence-electron chi connectivity index (χ1n) is 9.76. The van der Waals surface area contributed by atoms with Crippen molar-refractivity contribution in [3.8, 4) is 0 Å². The molecule has 6 heteroatoms. The molecule has 29 heavy (non-hydrogen) atoms. The highest BCUT2D eigenvalue weighted by molar-refractivity contribution is 7.14. The number of benzene rings is 2. The highest BCUT2D eigenvalue weighted by Crippen LogP contribution is 2.27. The van der Waals surface area contributed by atoms with E-state index in [1.807, 2.05) is 54.6 Å². The number of anilines is 2. The van der Waals surface area contributed by atoms with Crippen LogP contribution in [0.25, 0.3) is 0 Å². The summed E-state index contributed by atoms with van der Waals surface area (Å²) in [6, 6.07) is 17.7. The third kappa shape index (κ3) is 5.74. The van der Waals surface area contributed by atoms with Crippen LogP contribution in [0.1, 0.15) is 54.2 Å². The van der Waals surface area contributed by atoms with Crippen LogP contribution in [0.4, 0.5) is 10.8 Å². The Hall–Kier alpha value is -2.99. The molecule has 150 valence electrons. The predicted molar refractivity (Wildman–Crippen MR) is 119 cm³/mol. The van der Waals surface area contributed by atoms with Gasteiger partial charge < -0.3 is 10.6 Å². The van der Waals surface area contributed by atoms with Gasteiger partial charge in [-0.25, -0.2) is 4.98 Å².